The summed E-state index contributed by atoms with van der Waals surface area (Å²) in [6.45, 7) is 9.28. The topological polar surface area (TPSA) is 0 Å². The zero-order valence-electron chi connectivity index (χ0n) is 18.8. The molecule has 3 aliphatic carbocycles. The highest BCUT2D eigenvalue weighted by atomic mass is 14.4. The normalized spacial score (nSPS) is 19.3. The van der Waals surface area contributed by atoms with Crippen LogP contribution in [0.25, 0.3) is 11.1 Å². The maximum absolute atomic E-state index is 2.49. The average molecular weight is 393 g/mol. The zero-order valence-corrected chi connectivity index (χ0v) is 18.8. The highest BCUT2D eigenvalue weighted by molar-refractivity contribution is 5.81. The van der Waals surface area contributed by atoms with Crippen molar-refractivity contribution in [3.8, 4) is 11.1 Å². The predicted molar refractivity (Wildman–Crippen MR) is 129 cm³/mol. The molecule has 5 rings (SSSR count). The van der Waals surface area contributed by atoms with Crippen LogP contribution in [0.15, 0.2) is 83.0 Å². The van der Waals surface area contributed by atoms with Gasteiger partial charge in [0.1, 0.15) is 0 Å². The predicted octanol–water partition coefficient (Wildman–Crippen LogP) is 8.16. The molecular weight excluding hydrogens is 360 g/mol. The summed E-state index contributed by atoms with van der Waals surface area (Å²) in [6.07, 6.45) is 15.2. The fourth-order valence-corrected chi connectivity index (χ4v) is 5.53. The van der Waals surface area contributed by atoms with Crippen LogP contribution in [0.5, 0.6) is 0 Å². The van der Waals surface area contributed by atoms with E-state index in [1.54, 1.807) is 5.57 Å². The third kappa shape index (κ3) is 3.14. The fraction of sp³-hybridized carbons (Fsp3) is 0.333. The fourth-order valence-electron chi connectivity index (χ4n) is 5.53. The Morgan fingerprint density at radius 1 is 0.767 bits per heavy atom. The second kappa shape index (κ2) is 7.27. The molecule has 0 N–H and O–H groups in total. The van der Waals surface area contributed by atoms with Gasteiger partial charge in [-0.2, -0.15) is 0 Å². The number of hydrogen-bond acceptors (Lipinski definition) is 0. The van der Waals surface area contributed by atoms with Crippen molar-refractivity contribution in [1.82, 2.24) is 0 Å². The van der Waals surface area contributed by atoms with Crippen molar-refractivity contribution in [3.05, 3.63) is 105 Å². The Bertz CT molecular complexity index is 1140. The van der Waals surface area contributed by atoms with Crippen molar-refractivity contribution in [2.24, 2.45) is 0 Å². The van der Waals surface area contributed by atoms with Crippen LogP contribution in [0.3, 0.4) is 0 Å². The first kappa shape index (κ1) is 19.4. The summed E-state index contributed by atoms with van der Waals surface area (Å²) in [5, 5.41) is 0. The summed E-state index contributed by atoms with van der Waals surface area (Å²) in [5.41, 5.74) is 14.8. The molecule has 0 bridgehead atoms. The van der Waals surface area contributed by atoms with E-state index in [9.17, 15) is 0 Å². The molecule has 0 aromatic heterocycles. The molecule has 0 atom stereocenters. The number of rotatable bonds is 3. The third-order valence-electron chi connectivity index (χ3n) is 7.31. The van der Waals surface area contributed by atoms with Crippen LogP contribution in [0, 0.1) is 6.92 Å². The minimum atomic E-state index is 0.0710. The summed E-state index contributed by atoms with van der Waals surface area (Å²) in [4.78, 5) is 0. The van der Waals surface area contributed by atoms with Crippen molar-refractivity contribution >= 4 is 0 Å². The summed E-state index contributed by atoms with van der Waals surface area (Å²) >= 11 is 0. The third-order valence-corrected chi connectivity index (χ3v) is 7.31. The van der Waals surface area contributed by atoms with Crippen molar-refractivity contribution in [1.29, 1.82) is 0 Å². The number of hydrogen-bond donors (Lipinski definition) is 0. The first-order valence-electron chi connectivity index (χ1n) is 11.5. The summed E-state index contributed by atoms with van der Waals surface area (Å²) in [7, 11) is 0. The zero-order chi connectivity index (χ0) is 20.9. The van der Waals surface area contributed by atoms with E-state index < -0.39 is 0 Å². The van der Waals surface area contributed by atoms with Gasteiger partial charge < -0.3 is 0 Å². The summed E-state index contributed by atoms with van der Waals surface area (Å²) in [6, 6.07) is 14.2. The van der Waals surface area contributed by atoms with Gasteiger partial charge in [-0.05, 0) is 84.9 Å². The molecule has 2 aromatic rings. The molecule has 0 saturated carbocycles. The SMILES string of the molecule is CC1=C(C2=C(Cc3ccc4c(c3)C(C)(C)c3cc(C)ccc3-4)CCC=C2)C=CCC1. The lowest BCUT2D eigenvalue weighted by Gasteiger charge is -2.23. The Labute approximate surface area is 181 Å². The first-order valence-corrected chi connectivity index (χ1v) is 11.5. The van der Waals surface area contributed by atoms with E-state index in [0.717, 1.165) is 12.8 Å². The number of aryl methyl sites for hydroxylation is 1. The number of benzene rings is 2. The number of allylic oxidation sites excluding steroid dienone is 8. The van der Waals surface area contributed by atoms with E-state index in [1.165, 1.54) is 69.4 Å². The second-order valence-corrected chi connectivity index (χ2v) is 9.82. The minimum absolute atomic E-state index is 0.0710. The molecular formula is C30H32. The molecule has 152 valence electrons. The minimum Gasteiger partial charge on any atom is -0.0836 e. The van der Waals surface area contributed by atoms with Gasteiger partial charge in [0.05, 0.1) is 0 Å². The highest BCUT2D eigenvalue weighted by Gasteiger charge is 2.35. The first-order chi connectivity index (χ1) is 14.4. The Balaban J connectivity index is 1.54. The van der Waals surface area contributed by atoms with Gasteiger partial charge in [-0.1, -0.05) is 91.3 Å². The standard InChI is InChI=1S/C30H32/c1-20-13-15-26-27-16-14-22(19-29(27)30(3,4)28(26)17-20)18-23-10-6-8-12-25(23)24-11-7-5-9-21(24)2/h7-8,11-17,19H,5-6,9-10,18H2,1-4H3. The molecule has 0 radical (unpaired) electrons. The lowest BCUT2D eigenvalue weighted by atomic mass is 9.80. The molecule has 3 aliphatic rings. The monoisotopic (exact) mass is 392 g/mol. The number of fused-ring (bicyclic) bond motifs is 3. The van der Waals surface area contributed by atoms with Gasteiger partial charge in [0.2, 0.25) is 0 Å². The van der Waals surface area contributed by atoms with Gasteiger partial charge in [0.25, 0.3) is 0 Å². The van der Waals surface area contributed by atoms with Gasteiger partial charge in [0, 0.05) is 5.41 Å². The Kier molecular flexibility index (Phi) is 4.69. The van der Waals surface area contributed by atoms with Crippen LogP contribution in [0.2, 0.25) is 0 Å². The summed E-state index contributed by atoms with van der Waals surface area (Å²) < 4.78 is 0. The average Bonchev–Trinajstić information content (AvgIpc) is 2.96. The van der Waals surface area contributed by atoms with Crippen molar-refractivity contribution < 1.29 is 0 Å². The Morgan fingerprint density at radius 2 is 1.43 bits per heavy atom. The molecule has 0 saturated heterocycles. The lowest BCUT2D eigenvalue weighted by molar-refractivity contribution is 0.658. The summed E-state index contributed by atoms with van der Waals surface area (Å²) in [5.74, 6) is 0. The van der Waals surface area contributed by atoms with E-state index >= 15 is 0 Å². The van der Waals surface area contributed by atoms with Crippen LogP contribution in [0.1, 0.15) is 68.7 Å². The molecule has 0 aliphatic heterocycles. The quantitative estimate of drug-likeness (QED) is 0.494. The molecule has 0 spiro atoms. The molecule has 30 heavy (non-hydrogen) atoms. The van der Waals surface area contributed by atoms with Crippen molar-refractivity contribution in [3.63, 3.8) is 0 Å². The van der Waals surface area contributed by atoms with E-state index in [4.69, 9.17) is 0 Å². The highest BCUT2D eigenvalue weighted by Crippen LogP contribution is 2.49. The van der Waals surface area contributed by atoms with Crippen LogP contribution < -0.4 is 0 Å². The van der Waals surface area contributed by atoms with Gasteiger partial charge in [-0.3, -0.25) is 0 Å². The smallest absolute Gasteiger partial charge is 0.0159 e. The van der Waals surface area contributed by atoms with E-state index in [2.05, 4.69) is 88.4 Å². The van der Waals surface area contributed by atoms with Crippen LogP contribution in [0.4, 0.5) is 0 Å². The van der Waals surface area contributed by atoms with E-state index in [-0.39, 0.29) is 5.41 Å². The largest absolute Gasteiger partial charge is 0.0836 e. The van der Waals surface area contributed by atoms with E-state index in [0.29, 0.717) is 0 Å². The van der Waals surface area contributed by atoms with Gasteiger partial charge in [-0.15, -0.1) is 0 Å². The van der Waals surface area contributed by atoms with Crippen LogP contribution >= 0.6 is 0 Å². The van der Waals surface area contributed by atoms with Crippen LogP contribution in [-0.4, -0.2) is 0 Å². The van der Waals surface area contributed by atoms with Gasteiger partial charge >= 0.3 is 0 Å². The van der Waals surface area contributed by atoms with Gasteiger partial charge in [-0.25, -0.2) is 0 Å². The molecule has 0 heterocycles. The second-order valence-electron chi connectivity index (χ2n) is 9.82. The molecule has 0 amide bonds. The molecule has 0 unspecified atom stereocenters. The maximum atomic E-state index is 2.49. The van der Waals surface area contributed by atoms with Gasteiger partial charge in [0.15, 0.2) is 0 Å². The van der Waals surface area contributed by atoms with Crippen molar-refractivity contribution in [2.75, 3.05) is 0 Å². The molecule has 0 heteroatoms. The molecule has 0 nitrogen and oxygen atoms in total. The molecule has 2 aromatic carbocycles. The Hall–Kier alpha value is -2.60. The van der Waals surface area contributed by atoms with E-state index in [1.807, 2.05) is 0 Å². The maximum Gasteiger partial charge on any atom is 0.0159 e. The lowest BCUT2D eigenvalue weighted by Crippen LogP contribution is -2.15. The van der Waals surface area contributed by atoms with Crippen molar-refractivity contribution in [2.45, 2.75) is 65.2 Å². The molecule has 0 fully saturated rings. The Morgan fingerprint density at radius 3 is 2.20 bits per heavy atom. The van der Waals surface area contributed by atoms with Crippen LogP contribution in [-0.2, 0) is 11.8 Å².